The Morgan fingerprint density at radius 1 is 1.38 bits per heavy atom. The minimum absolute atomic E-state index is 0.216. The fourth-order valence-electron chi connectivity index (χ4n) is 0.995. The third-order valence-corrected chi connectivity index (χ3v) is 1.70. The van der Waals surface area contributed by atoms with Gasteiger partial charge < -0.3 is 4.74 Å². The molecule has 0 aromatic rings. The number of rotatable bonds is 6. The van der Waals surface area contributed by atoms with Crippen LogP contribution in [0.1, 0.15) is 40.0 Å². The summed E-state index contributed by atoms with van der Waals surface area (Å²) in [6, 6.07) is 0. The van der Waals surface area contributed by atoms with E-state index in [0.717, 1.165) is 12.3 Å². The second kappa shape index (κ2) is 7.84. The smallest absolute Gasteiger partial charge is 0.302 e. The van der Waals surface area contributed by atoms with E-state index in [2.05, 4.69) is 19.9 Å². The molecular weight excluding hydrogens is 164 g/mol. The van der Waals surface area contributed by atoms with Crippen molar-refractivity contribution in [2.75, 3.05) is 6.61 Å². The summed E-state index contributed by atoms with van der Waals surface area (Å²) in [5.41, 5.74) is 0. The van der Waals surface area contributed by atoms with Crippen molar-refractivity contribution >= 4 is 5.97 Å². The van der Waals surface area contributed by atoms with Gasteiger partial charge in [-0.05, 0) is 18.8 Å². The monoisotopic (exact) mass is 184 g/mol. The number of hydrogen-bond donors (Lipinski definition) is 0. The van der Waals surface area contributed by atoms with E-state index < -0.39 is 0 Å². The Morgan fingerprint density at radius 3 is 2.62 bits per heavy atom. The number of ether oxygens (including phenoxy) is 1. The molecule has 0 amide bonds. The highest BCUT2D eigenvalue weighted by Gasteiger charge is 1.91. The van der Waals surface area contributed by atoms with Crippen LogP contribution in [0.15, 0.2) is 12.2 Å². The number of carbonyl (C=O) groups is 1. The van der Waals surface area contributed by atoms with Crippen molar-refractivity contribution in [1.29, 1.82) is 0 Å². The molecular formula is C11H20O2. The van der Waals surface area contributed by atoms with Gasteiger partial charge in [-0.25, -0.2) is 0 Å². The Kier molecular flexibility index (Phi) is 7.36. The summed E-state index contributed by atoms with van der Waals surface area (Å²) in [6.45, 7) is 6.29. The van der Waals surface area contributed by atoms with Gasteiger partial charge in [0.15, 0.2) is 0 Å². The zero-order chi connectivity index (χ0) is 10.1. The third-order valence-electron chi connectivity index (χ3n) is 1.70. The maximum atomic E-state index is 10.4. The summed E-state index contributed by atoms with van der Waals surface area (Å²) in [4.78, 5) is 10.4. The normalized spacial score (nSPS) is 11.1. The molecule has 0 rings (SSSR count). The van der Waals surface area contributed by atoms with Gasteiger partial charge in [0.25, 0.3) is 0 Å². The van der Waals surface area contributed by atoms with Crippen molar-refractivity contribution in [3.8, 4) is 0 Å². The van der Waals surface area contributed by atoms with Crippen LogP contribution in [0.2, 0.25) is 0 Å². The molecule has 0 aliphatic heterocycles. The van der Waals surface area contributed by atoms with Gasteiger partial charge in [0.1, 0.15) is 6.61 Å². The zero-order valence-corrected chi connectivity index (χ0v) is 8.88. The SMILES string of the molecule is CC(=O)OCC=CCCCC(C)C. The lowest BCUT2D eigenvalue weighted by Gasteiger charge is -2.00. The van der Waals surface area contributed by atoms with E-state index >= 15 is 0 Å². The van der Waals surface area contributed by atoms with Crippen LogP contribution in [0.25, 0.3) is 0 Å². The maximum absolute atomic E-state index is 10.4. The predicted molar refractivity (Wildman–Crippen MR) is 54.5 cm³/mol. The van der Waals surface area contributed by atoms with Gasteiger partial charge in [-0.1, -0.05) is 32.4 Å². The fraction of sp³-hybridized carbons (Fsp3) is 0.727. The molecule has 0 unspecified atom stereocenters. The van der Waals surface area contributed by atoms with Gasteiger partial charge in [0.2, 0.25) is 0 Å². The van der Waals surface area contributed by atoms with Crippen molar-refractivity contribution in [3.63, 3.8) is 0 Å². The molecule has 0 saturated carbocycles. The highest BCUT2D eigenvalue weighted by molar-refractivity contribution is 5.65. The summed E-state index contributed by atoms with van der Waals surface area (Å²) < 4.78 is 4.74. The van der Waals surface area contributed by atoms with E-state index in [0.29, 0.717) is 6.61 Å². The molecule has 0 radical (unpaired) electrons. The Labute approximate surface area is 81.0 Å². The van der Waals surface area contributed by atoms with Crippen LogP contribution in [0.4, 0.5) is 0 Å². The van der Waals surface area contributed by atoms with E-state index in [1.54, 1.807) is 0 Å². The van der Waals surface area contributed by atoms with Crippen molar-refractivity contribution in [1.82, 2.24) is 0 Å². The van der Waals surface area contributed by atoms with E-state index in [9.17, 15) is 4.79 Å². The average molecular weight is 184 g/mol. The number of allylic oxidation sites excluding steroid dienone is 1. The standard InChI is InChI=1S/C11H20O2/c1-10(2)8-6-4-5-7-9-13-11(3)12/h5,7,10H,4,6,8-9H2,1-3H3. The fourth-order valence-corrected chi connectivity index (χ4v) is 0.995. The molecule has 76 valence electrons. The van der Waals surface area contributed by atoms with Gasteiger partial charge in [-0.2, -0.15) is 0 Å². The van der Waals surface area contributed by atoms with Gasteiger partial charge in [-0.15, -0.1) is 0 Å². The molecule has 0 heterocycles. The van der Waals surface area contributed by atoms with Crippen molar-refractivity contribution < 1.29 is 9.53 Å². The molecule has 0 bridgehead atoms. The second-order valence-corrected chi connectivity index (χ2v) is 3.60. The Bertz CT molecular complexity index is 159. The van der Waals surface area contributed by atoms with Crippen LogP contribution in [-0.2, 0) is 9.53 Å². The topological polar surface area (TPSA) is 26.3 Å². The van der Waals surface area contributed by atoms with Gasteiger partial charge in [0.05, 0.1) is 0 Å². The van der Waals surface area contributed by atoms with E-state index in [1.807, 2.05) is 6.08 Å². The minimum Gasteiger partial charge on any atom is -0.462 e. The molecule has 0 aliphatic carbocycles. The summed E-state index contributed by atoms with van der Waals surface area (Å²) >= 11 is 0. The van der Waals surface area contributed by atoms with Crippen molar-refractivity contribution in [2.24, 2.45) is 5.92 Å². The van der Waals surface area contributed by atoms with E-state index in [4.69, 9.17) is 4.74 Å². The molecule has 0 N–H and O–H groups in total. The Balaban J connectivity index is 3.17. The van der Waals surface area contributed by atoms with Gasteiger partial charge >= 0.3 is 5.97 Å². The third kappa shape index (κ3) is 11.2. The first-order valence-electron chi connectivity index (χ1n) is 4.91. The molecule has 0 saturated heterocycles. The number of hydrogen-bond acceptors (Lipinski definition) is 2. The molecule has 0 aromatic heterocycles. The first-order chi connectivity index (χ1) is 6.13. The summed E-state index contributed by atoms with van der Waals surface area (Å²) in [7, 11) is 0. The highest BCUT2D eigenvalue weighted by Crippen LogP contribution is 2.06. The molecule has 0 atom stereocenters. The van der Waals surface area contributed by atoms with E-state index in [1.165, 1.54) is 19.8 Å². The molecule has 0 fully saturated rings. The zero-order valence-electron chi connectivity index (χ0n) is 8.88. The van der Waals surface area contributed by atoms with Gasteiger partial charge in [0, 0.05) is 6.92 Å². The van der Waals surface area contributed by atoms with Crippen LogP contribution >= 0.6 is 0 Å². The minimum atomic E-state index is -0.216. The molecule has 0 aromatic carbocycles. The lowest BCUT2D eigenvalue weighted by atomic mass is 10.1. The molecule has 2 nitrogen and oxygen atoms in total. The summed E-state index contributed by atoms with van der Waals surface area (Å²) in [6.07, 6.45) is 7.54. The van der Waals surface area contributed by atoms with E-state index in [-0.39, 0.29) is 5.97 Å². The van der Waals surface area contributed by atoms with Crippen molar-refractivity contribution in [2.45, 2.75) is 40.0 Å². The van der Waals surface area contributed by atoms with Gasteiger partial charge in [-0.3, -0.25) is 4.79 Å². The van der Waals surface area contributed by atoms with Crippen LogP contribution in [0.3, 0.4) is 0 Å². The predicted octanol–water partition coefficient (Wildman–Crippen LogP) is 2.93. The van der Waals surface area contributed by atoms with Crippen LogP contribution in [0, 0.1) is 5.92 Å². The number of unbranched alkanes of at least 4 members (excludes halogenated alkanes) is 1. The lowest BCUT2D eigenvalue weighted by molar-refractivity contribution is -0.139. The molecule has 0 spiro atoms. The number of carbonyl (C=O) groups excluding carboxylic acids is 1. The largest absolute Gasteiger partial charge is 0.462 e. The highest BCUT2D eigenvalue weighted by atomic mass is 16.5. The molecule has 0 aliphatic rings. The number of esters is 1. The second-order valence-electron chi connectivity index (χ2n) is 3.60. The molecule has 13 heavy (non-hydrogen) atoms. The average Bonchev–Trinajstić information content (AvgIpc) is 2.01. The van der Waals surface area contributed by atoms with Crippen molar-refractivity contribution in [3.05, 3.63) is 12.2 Å². The van der Waals surface area contributed by atoms with Crippen LogP contribution in [0.5, 0.6) is 0 Å². The summed E-state index contributed by atoms with van der Waals surface area (Å²) in [5.74, 6) is 0.564. The molecule has 2 heteroatoms. The lowest BCUT2D eigenvalue weighted by Crippen LogP contribution is -1.97. The first kappa shape index (κ1) is 12.2. The quantitative estimate of drug-likeness (QED) is 0.360. The maximum Gasteiger partial charge on any atom is 0.302 e. The Hall–Kier alpha value is -0.790. The Morgan fingerprint density at radius 2 is 2.08 bits per heavy atom. The summed E-state index contributed by atoms with van der Waals surface area (Å²) in [5, 5.41) is 0. The first-order valence-corrected chi connectivity index (χ1v) is 4.91. The van der Waals surface area contributed by atoms with Crippen LogP contribution < -0.4 is 0 Å². The van der Waals surface area contributed by atoms with Crippen LogP contribution in [-0.4, -0.2) is 12.6 Å².